The summed E-state index contributed by atoms with van der Waals surface area (Å²) in [5.74, 6) is 0.0694. The lowest BCUT2D eigenvalue weighted by atomic mass is 10.0. The van der Waals surface area contributed by atoms with Crippen LogP contribution in [0, 0.1) is 0 Å². The number of aromatic nitrogens is 1. The average molecular weight is 384 g/mol. The van der Waals surface area contributed by atoms with Crippen molar-refractivity contribution in [2.75, 3.05) is 13.1 Å². The zero-order valence-electron chi connectivity index (χ0n) is 15.4. The van der Waals surface area contributed by atoms with E-state index in [-0.39, 0.29) is 17.9 Å². The van der Waals surface area contributed by atoms with E-state index in [1.54, 1.807) is 35.9 Å². The van der Waals surface area contributed by atoms with Gasteiger partial charge in [0.15, 0.2) is 0 Å². The molecule has 2 amide bonds. The number of aryl methyl sites for hydroxylation is 2. The zero-order valence-corrected chi connectivity index (χ0v) is 16.3. The van der Waals surface area contributed by atoms with Gasteiger partial charge >= 0.3 is 0 Å². The van der Waals surface area contributed by atoms with Crippen molar-refractivity contribution in [2.45, 2.75) is 51.0 Å². The lowest BCUT2D eigenvalue weighted by Gasteiger charge is -2.32. The highest BCUT2D eigenvalue weighted by Gasteiger charge is 2.26. The molecule has 5 nitrogen and oxygen atoms in total. The molecule has 142 valence electrons. The maximum atomic E-state index is 12.9. The van der Waals surface area contributed by atoms with Crippen LogP contribution < -0.4 is 5.32 Å². The van der Waals surface area contributed by atoms with Gasteiger partial charge in [0.1, 0.15) is 0 Å². The van der Waals surface area contributed by atoms with Gasteiger partial charge in [0.2, 0.25) is 0 Å². The molecule has 0 unspecified atom stereocenters. The van der Waals surface area contributed by atoms with E-state index in [1.165, 1.54) is 29.7 Å². The van der Waals surface area contributed by atoms with Crippen LogP contribution in [-0.2, 0) is 12.8 Å². The number of nitrogens with zero attached hydrogens (tertiary/aromatic N) is 2. The van der Waals surface area contributed by atoms with Crippen molar-refractivity contribution in [3.63, 3.8) is 0 Å². The normalized spacial score (nSPS) is 17.9. The Labute approximate surface area is 163 Å². The number of hydrogen-bond donors (Lipinski definition) is 1. The van der Waals surface area contributed by atoms with Crippen LogP contribution in [0.5, 0.6) is 0 Å². The first kappa shape index (κ1) is 18.2. The third-order valence-electron chi connectivity index (χ3n) is 5.50. The largest absolute Gasteiger partial charge is 0.349 e. The number of likely N-dealkylation sites (tertiary alicyclic amines) is 1. The molecule has 1 N–H and O–H groups in total. The van der Waals surface area contributed by atoms with Crippen LogP contribution in [0.25, 0.3) is 0 Å². The molecule has 1 fully saturated rings. The van der Waals surface area contributed by atoms with Gasteiger partial charge in [-0.25, -0.2) is 0 Å². The Balaban J connectivity index is 1.32. The van der Waals surface area contributed by atoms with E-state index in [0.717, 1.165) is 30.6 Å². The van der Waals surface area contributed by atoms with Gasteiger partial charge in [0.05, 0.1) is 10.4 Å². The van der Waals surface area contributed by atoms with Crippen molar-refractivity contribution in [1.82, 2.24) is 15.2 Å². The highest BCUT2D eigenvalue weighted by molar-refractivity contribution is 7.14. The number of pyridine rings is 1. The summed E-state index contributed by atoms with van der Waals surface area (Å²) in [6.07, 6.45) is 10.8. The summed E-state index contributed by atoms with van der Waals surface area (Å²) in [6.45, 7) is 1.39. The molecule has 0 radical (unpaired) electrons. The highest BCUT2D eigenvalue weighted by Crippen LogP contribution is 2.30. The highest BCUT2D eigenvalue weighted by atomic mass is 32.1. The Bertz CT molecular complexity index is 787. The summed E-state index contributed by atoms with van der Waals surface area (Å²) in [6, 6.07) is 5.77. The lowest BCUT2D eigenvalue weighted by molar-refractivity contribution is 0.0702. The van der Waals surface area contributed by atoms with Crippen LogP contribution in [0.4, 0.5) is 0 Å². The third-order valence-corrected chi connectivity index (χ3v) is 6.72. The van der Waals surface area contributed by atoms with E-state index in [2.05, 4.69) is 16.4 Å². The number of carbonyl (C=O) groups is 2. The van der Waals surface area contributed by atoms with Gasteiger partial charge in [-0.2, -0.15) is 0 Å². The summed E-state index contributed by atoms with van der Waals surface area (Å²) in [5.41, 5.74) is 1.97. The van der Waals surface area contributed by atoms with Crippen LogP contribution in [0.15, 0.2) is 30.6 Å². The number of hydrogen-bond acceptors (Lipinski definition) is 4. The fraction of sp³-hybridized carbons (Fsp3) is 0.476. The van der Waals surface area contributed by atoms with E-state index in [4.69, 9.17) is 0 Å². The van der Waals surface area contributed by atoms with E-state index in [0.29, 0.717) is 18.7 Å². The number of thiophene rings is 1. The van der Waals surface area contributed by atoms with Gasteiger partial charge in [-0.15, -0.1) is 11.3 Å². The van der Waals surface area contributed by atoms with E-state index < -0.39 is 0 Å². The smallest absolute Gasteiger partial charge is 0.263 e. The van der Waals surface area contributed by atoms with E-state index in [1.807, 2.05) is 4.90 Å². The molecular formula is C21H25N3O2S. The molecule has 0 saturated carbocycles. The number of amides is 2. The number of piperidine rings is 1. The van der Waals surface area contributed by atoms with Crippen LogP contribution in [-0.4, -0.2) is 40.8 Å². The second-order valence-electron chi connectivity index (χ2n) is 7.40. The van der Waals surface area contributed by atoms with Crippen LogP contribution in [0.3, 0.4) is 0 Å². The molecule has 27 heavy (non-hydrogen) atoms. The first-order valence-corrected chi connectivity index (χ1v) is 10.6. The molecule has 2 aliphatic rings. The summed E-state index contributed by atoms with van der Waals surface area (Å²) < 4.78 is 0. The second-order valence-corrected chi connectivity index (χ2v) is 8.54. The van der Waals surface area contributed by atoms with Crippen molar-refractivity contribution in [3.8, 4) is 0 Å². The molecule has 6 heteroatoms. The molecule has 2 aromatic heterocycles. The Morgan fingerprint density at radius 1 is 1.15 bits per heavy atom. The van der Waals surface area contributed by atoms with Gasteiger partial charge in [0, 0.05) is 36.4 Å². The molecule has 1 aliphatic heterocycles. The molecule has 1 aliphatic carbocycles. The van der Waals surface area contributed by atoms with Crippen molar-refractivity contribution in [2.24, 2.45) is 0 Å². The monoisotopic (exact) mass is 383 g/mol. The maximum absolute atomic E-state index is 12.9. The zero-order chi connectivity index (χ0) is 18.6. The van der Waals surface area contributed by atoms with Gasteiger partial charge in [-0.05, 0) is 62.3 Å². The molecular weight excluding hydrogens is 358 g/mol. The third kappa shape index (κ3) is 4.21. The van der Waals surface area contributed by atoms with Gasteiger partial charge < -0.3 is 10.2 Å². The molecule has 4 rings (SSSR count). The minimum Gasteiger partial charge on any atom is -0.349 e. The Morgan fingerprint density at radius 2 is 1.96 bits per heavy atom. The van der Waals surface area contributed by atoms with Crippen molar-refractivity contribution >= 4 is 23.2 Å². The van der Waals surface area contributed by atoms with E-state index >= 15 is 0 Å². The first-order valence-electron chi connectivity index (χ1n) is 9.82. The predicted octanol–water partition coefficient (Wildman–Crippen LogP) is 3.45. The van der Waals surface area contributed by atoms with Gasteiger partial charge in [0.25, 0.3) is 11.8 Å². The topological polar surface area (TPSA) is 62.3 Å². The molecule has 3 heterocycles. The molecule has 2 aromatic rings. The van der Waals surface area contributed by atoms with Crippen molar-refractivity contribution in [3.05, 3.63) is 51.5 Å². The SMILES string of the molecule is O=C(NC1CCN(C(=O)c2cc3c(s2)CCCCC3)CC1)c1cccnc1. The molecule has 0 atom stereocenters. The van der Waals surface area contributed by atoms with Crippen LogP contribution in [0.2, 0.25) is 0 Å². The maximum Gasteiger partial charge on any atom is 0.263 e. The number of nitrogens with one attached hydrogen (secondary N) is 1. The average Bonchev–Trinajstić information content (AvgIpc) is 2.99. The first-order chi connectivity index (χ1) is 13.2. The van der Waals surface area contributed by atoms with Gasteiger partial charge in [-0.3, -0.25) is 14.6 Å². The summed E-state index contributed by atoms with van der Waals surface area (Å²) in [7, 11) is 0. The number of carbonyl (C=O) groups excluding carboxylic acids is 2. The van der Waals surface area contributed by atoms with Crippen LogP contribution >= 0.6 is 11.3 Å². The minimum atomic E-state index is -0.0881. The van der Waals surface area contributed by atoms with E-state index in [9.17, 15) is 9.59 Å². The Kier molecular flexibility index (Phi) is 5.53. The fourth-order valence-electron chi connectivity index (χ4n) is 3.92. The Hall–Kier alpha value is -2.21. The quantitative estimate of drug-likeness (QED) is 0.826. The standard InChI is InChI=1S/C21H25N3O2S/c25-20(16-6-4-10-22-14-16)23-17-8-11-24(12-9-17)21(26)19-13-15-5-2-1-3-7-18(15)27-19/h4,6,10,13-14,17H,1-3,5,7-9,11-12H2,(H,23,25). The molecule has 0 aromatic carbocycles. The second kappa shape index (κ2) is 8.21. The van der Waals surface area contributed by atoms with Crippen LogP contribution in [0.1, 0.15) is 62.6 Å². The van der Waals surface area contributed by atoms with Gasteiger partial charge in [-0.1, -0.05) is 6.42 Å². The van der Waals surface area contributed by atoms with Crippen molar-refractivity contribution in [1.29, 1.82) is 0 Å². The molecule has 1 saturated heterocycles. The lowest BCUT2D eigenvalue weighted by Crippen LogP contribution is -2.46. The predicted molar refractivity (Wildman–Crippen MR) is 106 cm³/mol. The minimum absolute atomic E-state index is 0.0881. The summed E-state index contributed by atoms with van der Waals surface area (Å²) in [4.78, 5) is 33.4. The fourth-order valence-corrected chi connectivity index (χ4v) is 5.14. The summed E-state index contributed by atoms with van der Waals surface area (Å²) in [5, 5.41) is 3.07. The molecule has 0 spiro atoms. The van der Waals surface area contributed by atoms with Crippen molar-refractivity contribution < 1.29 is 9.59 Å². The molecule has 0 bridgehead atoms. The Morgan fingerprint density at radius 3 is 2.74 bits per heavy atom. The summed E-state index contributed by atoms with van der Waals surface area (Å²) >= 11 is 1.69. The number of fused-ring (bicyclic) bond motifs is 1. The number of rotatable bonds is 3.